The van der Waals surface area contributed by atoms with Crippen LogP contribution in [0.5, 0.6) is 11.5 Å². The van der Waals surface area contributed by atoms with Gasteiger partial charge in [-0.05, 0) is 75.7 Å². The van der Waals surface area contributed by atoms with E-state index >= 15 is 0 Å². The zero-order chi connectivity index (χ0) is 17.9. The Hall–Kier alpha value is -2.17. The van der Waals surface area contributed by atoms with Crippen LogP contribution in [0.3, 0.4) is 0 Å². The van der Waals surface area contributed by atoms with Crippen LogP contribution in [0.25, 0.3) is 0 Å². The molecule has 2 aromatic rings. The first-order valence-electron chi connectivity index (χ1n) is 9.56. The van der Waals surface area contributed by atoms with E-state index in [4.69, 9.17) is 4.74 Å². The van der Waals surface area contributed by atoms with Crippen molar-refractivity contribution in [1.82, 2.24) is 10.2 Å². The fraction of sp³-hybridized carbons (Fsp3) is 0.409. The molecule has 0 saturated carbocycles. The average Bonchev–Trinajstić information content (AvgIpc) is 3.35. The van der Waals surface area contributed by atoms with E-state index in [1.165, 1.54) is 5.56 Å². The quantitative estimate of drug-likeness (QED) is 0.833. The van der Waals surface area contributed by atoms with Gasteiger partial charge >= 0.3 is 0 Å². The van der Waals surface area contributed by atoms with Gasteiger partial charge in [-0.3, -0.25) is 9.69 Å². The molecule has 4 rings (SSSR count). The van der Waals surface area contributed by atoms with Crippen molar-refractivity contribution in [1.29, 1.82) is 0 Å². The summed E-state index contributed by atoms with van der Waals surface area (Å²) >= 11 is 0. The molecule has 2 fully saturated rings. The normalized spacial score (nSPS) is 23.3. The summed E-state index contributed by atoms with van der Waals surface area (Å²) in [5.74, 6) is 1.82. The molecule has 0 amide bonds. The van der Waals surface area contributed by atoms with Crippen molar-refractivity contribution in [3.63, 3.8) is 0 Å². The molecule has 2 saturated heterocycles. The number of hydrogen-bond donors (Lipinski definition) is 1. The van der Waals surface area contributed by atoms with Gasteiger partial charge in [0.2, 0.25) is 0 Å². The minimum Gasteiger partial charge on any atom is -0.457 e. The van der Waals surface area contributed by atoms with Crippen LogP contribution >= 0.6 is 0 Å². The smallest absolute Gasteiger partial charge is 0.179 e. The van der Waals surface area contributed by atoms with Crippen molar-refractivity contribution in [2.24, 2.45) is 0 Å². The Kier molecular flexibility index (Phi) is 5.05. The van der Waals surface area contributed by atoms with Gasteiger partial charge in [-0.25, -0.2) is 0 Å². The number of likely N-dealkylation sites (tertiary alicyclic amines) is 1. The zero-order valence-corrected chi connectivity index (χ0v) is 15.3. The fourth-order valence-corrected chi connectivity index (χ4v) is 4.05. The molecule has 4 heteroatoms. The zero-order valence-electron chi connectivity index (χ0n) is 15.3. The van der Waals surface area contributed by atoms with Gasteiger partial charge in [0.25, 0.3) is 0 Å². The summed E-state index contributed by atoms with van der Waals surface area (Å²) in [6.45, 7) is 5.16. The van der Waals surface area contributed by atoms with Gasteiger partial charge in [-0.1, -0.05) is 17.7 Å². The molecule has 2 unspecified atom stereocenters. The van der Waals surface area contributed by atoms with Crippen molar-refractivity contribution in [3.05, 3.63) is 59.7 Å². The summed E-state index contributed by atoms with van der Waals surface area (Å²) in [6, 6.07) is 16.1. The van der Waals surface area contributed by atoms with Gasteiger partial charge in [0.05, 0.1) is 6.04 Å². The van der Waals surface area contributed by atoms with Crippen LogP contribution in [-0.4, -0.2) is 42.4 Å². The number of nitrogens with zero attached hydrogens (tertiary/aromatic N) is 1. The molecule has 0 spiro atoms. The average molecular weight is 350 g/mol. The maximum atomic E-state index is 13.0. The molecule has 26 heavy (non-hydrogen) atoms. The predicted octanol–water partition coefficient (Wildman–Crippen LogP) is 3.80. The lowest BCUT2D eigenvalue weighted by molar-refractivity contribution is 0.0826. The van der Waals surface area contributed by atoms with E-state index in [-0.39, 0.29) is 11.8 Å². The van der Waals surface area contributed by atoms with Crippen LogP contribution in [-0.2, 0) is 0 Å². The number of carbonyl (C=O) groups is 1. The largest absolute Gasteiger partial charge is 0.457 e. The van der Waals surface area contributed by atoms with E-state index in [0.29, 0.717) is 6.04 Å². The molecule has 2 heterocycles. The molecule has 1 N–H and O–H groups in total. The van der Waals surface area contributed by atoms with E-state index in [2.05, 4.69) is 17.1 Å². The molecule has 0 bridgehead atoms. The van der Waals surface area contributed by atoms with Gasteiger partial charge in [0, 0.05) is 18.2 Å². The van der Waals surface area contributed by atoms with Crippen LogP contribution in [0.2, 0.25) is 0 Å². The first kappa shape index (κ1) is 17.3. The number of aryl methyl sites for hydroxylation is 1. The van der Waals surface area contributed by atoms with Crippen LogP contribution in [0.15, 0.2) is 48.5 Å². The number of hydrogen-bond acceptors (Lipinski definition) is 4. The number of benzene rings is 2. The second-order valence-electron chi connectivity index (χ2n) is 7.35. The number of carbonyl (C=O) groups excluding carboxylic acids is 1. The highest BCUT2D eigenvalue weighted by Crippen LogP contribution is 2.27. The summed E-state index contributed by atoms with van der Waals surface area (Å²) < 4.78 is 5.87. The Bertz CT molecular complexity index is 749. The van der Waals surface area contributed by atoms with E-state index in [1.807, 2.05) is 48.5 Å². The molecular weight excluding hydrogens is 324 g/mol. The third-order valence-electron chi connectivity index (χ3n) is 5.50. The molecule has 136 valence electrons. The molecule has 2 aliphatic rings. The molecule has 0 aromatic heterocycles. The van der Waals surface area contributed by atoms with E-state index in [0.717, 1.165) is 56.0 Å². The summed E-state index contributed by atoms with van der Waals surface area (Å²) in [6.07, 6.45) is 3.23. The molecule has 2 aliphatic heterocycles. The van der Waals surface area contributed by atoms with Crippen molar-refractivity contribution in [3.8, 4) is 11.5 Å². The Morgan fingerprint density at radius 2 is 1.73 bits per heavy atom. The van der Waals surface area contributed by atoms with Crippen LogP contribution in [0.1, 0.15) is 35.2 Å². The monoisotopic (exact) mass is 350 g/mol. The lowest BCUT2D eigenvalue weighted by Crippen LogP contribution is -2.44. The minimum absolute atomic E-state index is 0.0313. The van der Waals surface area contributed by atoms with Gasteiger partial charge < -0.3 is 10.1 Å². The van der Waals surface area contributed by atoms with Crippen LogP contribution in [0, 0.1) is 6.92 Å². The number of rotatable bonds is 5. The van der Waals surface area contributed by atoms with E-state index < -0.39 is 0 Å². The maximum Gasteiger partial charge on any atom is 0.179 e. The highest BCUT2D eigenvalue weighted by molar-refractivity contribution is 6.00. The maximum absolute atomic E-state index is 13.0. The summed E-state index contributed by atoms with van der Waals surface area (Å²) in [5, 5.41) is 3.41. The second kappa shape index (κ2) is 7.60. The minimum atomic E-state index is 0.0313. The lowest BCUT2D eigenvalue weighted by Gasteiger charge is -2.29. The topological polar surface area (TPSA) is 41.6 Å². The van der Waals surface area contributed by atoms with Gasteiger partial charge in [-0.2, -0.15) is 0 Å². The standard InChI is InChI=1S/C22H26N2O2/c1-16-4-8-19(9-5-16)26-20-10-6-17(7-11-20)22(25)21-3-2-14-24(21)18-12-13-23-15-18/h4-11,18,21,23H,2-3,12-15H2,1H3. The predicted molar refractivity (Wildman–Crippen MR) is 103 cm³/mol. The first-order chi connectivity index (χ1) is 12.7. The van der Waals surface area contributed by atoms with E-state index in [1.54, 1.807) is 0 Å². The summed E-state index contributed by atoms with van der Waals surface area (Å²) in [5.41, 5.74) is 1.99. The Morgan fingerprint density at radius 1 is 1.04 bits per heavy atom. The second-order valence-corrected chi connectivity index (χ2v) is 7.35. The number of Topliss-reactive ketones (excluding diaryl/α,β-unsaturated/α-hetero) is 1. The van der Waals surface area contributed by atoms with Gasteiger partial charge in [-0.15, -0.1) is 0 Å². The van der Waals surface area contributed by atoms with Gasteiger partial charge in [0.15, 0.2) is 5.78 Å². The summed E-state index contributed by atoms with van der Waals surface area (Å²) in [7, 11) is 0. The molecular formula is C22H26N2O2. The Morgan fingerprint density at radius 3 is 2.38 bits per heavy atom. The number of nitrogens with one attached hydrogen (secondary N) is 1. The molecule has 0 radical (unpaired) electrons. The number of ketones is 1. The molecule has 2 aromatic carbocycles. The third kappa shape index (κ3) is 3.67. The van der Waals surface area contributed by atoms with Crippen LogP contribution in [0.4, 0.5) is 0 Å². The fourth-order valence-electron chi connectivity index (χ4n) is 4.05. The van der Waals surface area contributed by atoms with Gasteiger partial charge in [0.1, 0.15) is 11.5 Å². The highest BCUT2D eigenvalue weighted by atomic mass is 16.5. The Labute approximate surface area is 155 Å². The first-order valence-corrected chi connectivity index (χ1v) is 9.56. The third-order valence-corrected chi connectivity index (χ3v) is 5.50. The van der Waals surface area contributed by atoms with Crippen LogP contribution < -0.4 is 10.1 Å². The number of ether oxygens (including phenoxy) is 1. The van der Waals surface area contributed by atoms with E-state index in [9.17, 15) is 4.79 Å². The highest BCUT2D eigenvalue weighted by Gasteiger charge is 2.36. The Balaban J connectivity index is 1.44. The molecule has 4 nitrogen and oxygen atoms in total. The van der Waals surface area contributed by atoms with Crippen molar-refractivity contribution in [2.45, 2.75) is 38.3 Å². The SMILES string of the molecule is Cc1ccc(Oc2ccc(C(=O)C3CCCN3C3CCNC3)cc2)cc1. The molecule has 0 aliphatic carbocycles. The van der Waals surface area contributed by atoms with Crippen molar-refractivity contribution >= 4 is 5.78 Å². The lowest BCUT2D eigenvalue weighted by atomic mass is 10.0. The van der Waals surface area contributed by atoms with Crippen molar-refractivity contribution < 1.29 is 9.53 Å². The summed E-state index contributed by atoms with van der Waals surface area (Å²) in [4.78, 5) is 15.4. The van der Waals surface area contributed by atoms with Crippen molar-refractivity contribution in [2.75, 3.05) is 19.6 Å². The molecule has 2 atom stereocenters.